The van der Waals surface area contributed by atoms with Crippen molar-refractivity contribution in [3.63, 3.8) is 0 Å². The van der Waals surface area contributed by atoms with Crippen LogP contribution >= 0.6 is 0 Å². The normalized spacial score (nSPS) is 22.5. The molecule has 0 heterocycles. The van der Waals surface area contributed by atoms with Crippen molar-refractivity contribution in [3.05, 3.63) is 0 Å². The molecular formula is C21H26O2. The molecule has 122 valence electrons. The Morgan fingerprint density at radius 2 is 1.52 bits per heavy atom. The molecule has 2 unspecified atom stereocenters. The van der Waals surface area contributed by atoms with E-state index in [4.69, 9.17) is 0 Å². The minimum absolute atomic E-state index is 0.0792. The van der Waals surface area contributed by atoms with Gasteiger partial charge in [-0.2, -0.15) is 0 Å². The van der Waals surface area contributed by atoms with Gasteiger partial charge in [-0.3, -0.25) is 9.59 Å². The Labute approximate surface area is 140 Å². The summed E-state index contributed by atoms with van der Waals surface area (Å²) in [6.07, 6.45) is 0.924. The monoisotopic (exact) mass is 310 g/mol. The predicted octanol–water partition coefficient (Wildman–Crippen LogP) is 3.64. The van der Waals surface area contributed by atoms with Gasteiger partial charge >= 0.3 is 0 Å². The fourth-order valence-corrected chi connectivity index (χ4v) is 2.57. The standard InChI is InChI=1S/C21H26O2/c1-8-9-10-11-12-13-16-14-21(16,18(23)20(5,6)7)15-17(22)19(2,3)4/h16H,14-15H2,1-7H3. The van der Waals surface area contributed by atoms with E-state index in [1.807, 2.05) is 41.5 Å². The zero-order chi connectivity index (χ0) is 17.9. The van der Waals surface area contributed by atoms with Gasteiger partial charge < -0.3 is 0 Å². The summed E-state index contributed by atoms with van der Waals surface area (Å²) in [6.45, 7) is 13.1. The van der Waals surface area contributed by atoms with Crippen LogP contribution < -0.4 is 0 Å². The molecule has 1 rings (SSSR count). The molecule has 1 aliphatic carbocycles. The molecule has 0 bridgehead atoms. The van der Waals surface area contributed by atoms with Gasteiger partial charge in [0.1, 0.15) is 11.6 Å². The number of carbonyl (C=O) groups is 2. The maximum absolute atomic E-state index is 12.9. The smallest absolute Gasteiger partial charge is 0.146 e. The molecule has 1 aliphatic rings. The fourth-order valence-electron chi connectivity index (χ4n) is 2.57. The number of hydrogen-bond acceptors (Lipinski definition) is 2. The van der Waals surface area contributed by atoms with Crippen molar-refractivity contribution < 1.29 is 9.59 Å². The summed E-state index contributed by atoms with van der Waals surface area (Å²) in [4.78, 5) is 25.3. The van der Waals surface area contributed by atoms with Gasteiger partial charge in [-0.05, 0) is 37.0 Å². The van der Waals surface area contributed by atoms with Gasteiger partial charge in [-0.25, -0.2) is 0 Å². The van der Waals surface area contributed by atoms with E-state index in [9.17, 15) is 9.59 Å². The summed E-state index contributed by atoms with van der Waals surface area (Å²) in [5.74, 6) is 16.6. The van der Waals surface area contributed by atoms with Crippen molar-refractivity contribution in [2.24, 2.45) is 22.2 Å². The first-order chi connectivity index (χ1) is 10.4. The average Bonchev–Trinajstić information content (AvgIpc) is 3.09. The lowest BCUT2D eigenvalue weighted by molar-refractivity contribution is -0.137. The SMILES string of the molecule is CC#CC#CC#CC1CC1(CC(=O)C(C)(C)C)C(=O)C(C)(C)C. The minimum atomic E-state index is -0.631. The summed E-state index contributed by atoms with van der Waals surface area (Å²) in [5, 5.41) is 0. The van der Waals surface area contributed by atoms with Gasteiger partial charge in [0.2, 0.25) is 0 Å². The molecule has 0 aromatic heterocycles. The lowest BCUT2D eigenvalue weighted by Gasteiger charge is -2.27. The maximum atomic E-state index is 12.9. The van der Waals surface area contributed by atoms with Crippen LogP contribution in [0.15, 0.2) is 0 Å². The van der Waals surface area contributed by atoms with Gasteiger partial charge in [-0.15, -0.1) is 0 Å². The molecular weight excluding hydrogens is 284 g/mol. The lowest BCUT2D eigenvalue weighted by atomic mass is 9.74. The zero-order valence-corrected chi connectivity index (χ0v) is 15.3. The molecule has 0 aliphatic heterocycles. The summed E-state index contributed by atoms with van der Waals surface area (Å²) in [7, 11) is 0. The Hall–Kier alpha value is -1.98. The lowest BCUT2D eigenvalue weighted by Crippen LogP contribution is -2.35. The highest BCUT2D eigenvalue weighted by molar-refractivity contribution is 5.98. The van der Waals surface area contributed by atoms with Gasteiger partial charge in [-0.1, -0.05) is 53.4 Å². The van der Waals surface area contributed by atoms with E-state index in [-0.39, 0.29) is 23.9 Å². The van der Waals surface area contributed by atoms with Crippen LogP contribution in [0.5, 0.6) is 0 Å². The van der Waals surface area contributed by atoms with Gasteiger partial charge in [0.25, 0.3) is 0 Å². The summed E-state index contributed by atoms with van der Waals surface area (Å²) in [6, 6.07) is 0. The van der Waals surface area contributed by atoms with Gasteiger partial charge in [0.15, 0.2) is 0 Å². The number of carbonyl (C=O) groups excluding carboxylic acids is 2. The zero-order valence-electron chi connectivity index (χ0n) is 15.3. The number of Topliss-reactive ketones (excluding diaryl/α,β-unsaturated/α-hetero) is 2. The summed E-state index contributed by atoms with van der Waals surface area (Å²) < 4.78 is 0. The highest BCUT2D eigenvalue weighted by Crippen LogP contribution is 2.59. The van der Waals surface area contributed by atoms with E-state index >= 15 is 0 Å². The molecule has 23 heavy (non-hydrogen) atoms. The van der Waals surface area contributed by atoms with Crippen molar-refractivity contribution in [1.29, 1.82) is 0 Å². The van der Waals surface area contributed by atoms with Crippen molar-refractivity contribution in [1.82, 2.24) is 0 Å². The van der Waals surface area contributed by atoms with E-state index in [2.05, 4.69) is 35.5 Å². The molecule has 1 saturated carbocycles. The molecule has 2 nitrogen and oxygen atoms in total. The average molecular weight is 310 g/mol. The van der Waals surface area contributed by atoms with Gasteiger partial charge in [0, 0.05) is 23.2 Å². The molecule has 0 aromatic rings. The van der Waals surface area contributed by atoms with E-state index in [1.54, 1.807) is 6.92 Å². The van der Waals surface area contributed by atoms with Crippen LogP contribution in [0.3, 0.4) is 0 Å². The van der Waals surface area contributed by atoms with Crippen LogP contribution in [0.25, 0.3) is 0 Å². The number of rotatable bonds is 3. The summed E-state index contributed by atoms with van der Waals surface area (Å²) in [5.41, 5.74) is -1.55. The van der Waals surface area contributed by atoms with E-state index < -0.39 is 16.2 Å². The largest absolute Gasteiger partial charge is 0.299 e. The third kappa shape index (κ3) is 4.74. The highest BCUT2D eigenvalue weighted by Gasteiger charge is 2.62. The number of hydrogen-bond donors (Lipinski definition) is 0. The molecule has 0 saturated heterocycles. The van der Waals surface area contributed by atoms with E-state index in [0.29, 0.717) is 6.42 Å². The van der Waals surface area contributed by atoms with Crippen molar-refractivity contribution in [3.8, 4) is 35.5 Å². The predicted molar refractivity (Wildman–Crippen MR) is 93.1 cm³/mol. The first-order valence-electron chi connectivity index (χ1n) is 7.95. The first-order valence-corrected chi connectivity index (χ1v) is 7.95. The molecule has 0 radical (unpaired) electrons. The quantitative estimate of drug-likeness (QED) is 0.746. The molecule has 2 atom stereocenters. The fraction of sp³-hybridized carbons (Fsp3) is 0.619. The second kappa shape index (κ2) is 6.64. The van der Waals surface area contributed by atoms with Crippen molar-refractivity contribution in [2.75, 3.05) is 0 Å². The second-order valence-electron chi connectivity index (χ2n) is 8.24. The molecule has 0 N–H and O–H groups in total. The first kappa shape index (κ1) is 19.1. The van der Waals surface area contributed by atoms with E-state index in [0.717, 1.165) is 0 Å². The second-order valence-corrected chi connectivity index (χ2v) is 8.24. The van der Waals surface area contributed by atoms with Crippen LogP contribution in [-0.4, -0.2) is 11.6 Å². The van der Waals surface area contributed by atoms with Crippen LogP contribution in [0.1, 0.15) is 61.3 Å². The molecule has 0 spiro atoms. The van der Waals surface area contributed by atoms with E-state index in [1.165, 1.54) is 0 Å². The Morgan fingerprint density at radius 1 is 0.957 bits per heavy atom. The Balaban J connectivity index is 3.04. The molecule has 1 fully saturated rings. The van der Waals surface area contributed by atoms with Gasteiger partial charge in [0.05, 0.1) is 5.41 Å². The molecule has 2 heteroatoms. The minimum Gasteiger partial charge on any atom is -0.299 e. The third-order valence-electron chi connectivity index (χ3n) is 4.08. The van der Waals surface area contributed by atoms with Crippen LogP contribution in [-0.2, 0) is 9.59 Å². The number of ketones is 2. The summed E-state index contributed by atoms with van der Waals surface area (Å²) >= 11 is 0. The van der Waals surface area contributed by atoms with Crippen LogP contribution in [0.4, 0.5) is 0 Å². The molecule has 0 aromatic carbocycles. The Kier molecular flexibility index (Phi) is 5.51. The van der Waals surface area contributed by atoms with Crippen LogP contribution in [0.2, 0.25) is 0 Å². The highest BCUT2D eigenvalue weighted by atomic mass is 16.1. The third-order valence-corrected chi connectivity index (χ3v) is 4.08. The van der Waals surface area contributed by atoms with Crippen molar-refractivity contribution >= 4 is 11.6 Å². The maximum Gasteiger partial charge on any atom is 0.146 e. The molecule has 0 amide bonds. The van der Waals surface area contributed by atoms with Crippen molar-refractivity contribution in [2.45, 2.75) is 61.3 Å². The Morgan fingerprint density at radius 3 is 2.00 bits per heavy atom. The topological polar surface area (TPSA) is 34.1 Å². The van der Waals surface area contributed by atoms with Crippen LogP contribution in [0, 0.1) is 57.7 Å². The Bertz CT molecular complexity index is 678.